The molecule has 0 aromatic carbocycles. The molecular weight excluding hydrogens is 174 g/mol. The first-order valence-electron chi connectivity index (χ1n) is 4.03. The van der Waals surface area contributed by atoms with E-state index in [1.807, 2.05) is 6.07 Å². The molecule has 13 heavy (non-hydrogen) atoms. The highest BCUT2D eigenvalue weighted by atomic mass is 16.7. The van der Waals surface area contributed by atoms with Crippen LogP contribution in [0.2, 0.25) is 0 Å². The van der Waals surface area contributed by atoms with Gasteiger partial charge in [-0.3, -0.25) is 0 Å². The third-order valence-electron chi connectivity index (χ3n) is 2.01. The van der Waals surface area contributed by atoms with Gasteiger partial charge in [0, 0.05) is 12.8 Å². The molecule has 0 bridgehead atoms. The maximum absolute atomic E-state index is 10.3. The number of rotatable bonds is 1. The lowest BCUT2D eigenvalue weighted by atomic mass is 9.92. The maximum Gasteiger partial charge on any atom is 0.507 e. The van der Waals surface area contributed by atoms with E-state index in [2.05, 4.69) is 4.74 Å². The minimum Gasteiger partial charge on any atom is -0.450 e. The van der Waals surface area contributed by atoms with Gasteiger partial charge in [0.05, 0.1) is 12.7 Å². The van der Waals surface area contributed by atoms with Crippen molar-refractivity contribution < 1.29 is 19.4 Å². The average Bonchev–Trinajstić information content (AvgIpc) is 2.03. The summed E-state index contributed by atoms with van der Waals surface area (Å²) in [5, 5.41) is 17.2. The molecule has 0 aliphatic carbocycles. The molecular formula is C8H11NO4. The Labute approximate surface area is 75.9 Å². The Balaban J connectivity index is 2.69. The van der Waals surface area contributed by atoms with E-state index in [0.717, 1.165) is 0 Å². The van der Waals surface area contributed by atoms with Crippen molar-refractivity contribution in [3.05, 3.63) is 0 Å². The molecule has 1 heterocycles. The lowest BCUT2D eigenvalue weighted by Crippen LogP contribution is -2.42. The quantitative estimate of drug-likeness (QED) is 0.619. The first kappa shape index (κ1) is 9.81. The largest absolute Gasteiger partial charge is 0.507 e. The number of carboxylic acid groups (broad SMARTS) is 1. The zero-order valence-electron chi connectivity index (χ0n) is 7.32. The summed E-state index contributed by atoms with van der Waals surface area (Å²) >= 11 is 0. The summed E-state index contributed by atoms with van der Waals surface area (Å²) in [5.74, 6) is 0. The Kier molecular flexibility index (Phi) is 2.73. The SMILES string of the molecule is CC1CC(C#N)(OC(=O)O)CCO1. The van der Waals surface area contributed by atoms with Gasteiger partial charge in [0.2, 0.25) is 5.60 Å². The molecule has 5 nitrogen and oxygen atoms in total. The Morgan fingerprint density at radius 1 is 1.85 bits per heavy atom. The Morgan fingerprint density at radius 3 is 3.00 bits per heavy atom. The topological polar surface area (TPSA) is 79.5 Å². The molecule has 0 spiro atoms. The van der Waals surface area contributed by atoms with Crippen LogP contribution < -0.4 is 0 Å². The van der Waals surface area contributed by atoms with E-state index in [0.29, 0.717) is 19.4 Å². The summed E-state index contributed by atoms with van der Waals surface area (Å²) in [6, 6.07) is 1.90. The first-order valence-corrected chi connectivity index (χ1v) is 4.03. The molecule has 1 aliphatic rings. The summed E-state index contributed by atoms with van der Waals surface area (Å²) in [7, 11) is 0. The van der Waals surface area contributed by atoms with E-state index < -0.39 is 11.8 Å². The van der Waals surface area contributed by atoms with Crippen LogP contribution in [0, 0.1) is 11.3 Å². The van der Waals surface area contributed by atoms with E-state index in [9.17, 15) is 4.79 Å². The Morgan fingerprint density at radius 2 is 2.54 bits per heavy atom. The molecule has 2 unspecified atom stereocenters. The van der Waals surface area contributed by atoms with Crippen molar-refractivity contribution in [1.29, 1.82) is 5.26 Å². The fourth-order valence-electron chi connectivity index (χ4n) is 1.43. The lowest BCUT2D eigenvalue weighted by molar-refractivity contribution is -0.0833. The van der Waals surface area contributed by atoms with Gasteiger partial charge in [-0.15, -0.1) is 0 Å². The van der Waals surface area contributed by atoms with Crippen LogP contribution in [0.25, 0.3) is 0 Å². The van der Waals surface area contributed by atoms with Gasteiger partial charge in [0.15, 0.2) is 0 Å². The molecule has 1 rings (SSSR count). The van der Waals surface area contributed by atoms with Gasteiger partial charge < -0.3 is 14.6 Å². The summed E-state index contributed by atoms with van der Waals surface area (Å²) in [5.41, 5.74) is -1.20. The number of ether oxygens (including phenoxy) is 2. The van der Waals surface area contributed by atoms with E-state index in [1.54, 1.807) is 6.92 Å². The second kappa shape index (κ2) is 3.62. The van der Waals surface area contributed by atoms with Crippen molar-refractivity contribution in [2.75, 3.05) is 6.61 Å². The van der Waals surface area contributed by atoms with Crippen molar-refractivity contribution in [1.82, 2.24) is 0 Å². The van der Waals surface area contributed by atoms with Crippen molar-refractivity contribution in [2.45, 2.75) is 31.5 Å². The van der Waals surface area contributed by atoms with E-state index in [-0.39, 0.29) is 6.10 Å². The number of nitrogens with zero attached hydrogens (tertiary/aromatic N) is 1. The van der Waals surface area contributed by atoms with Gasteiger partial charge in [-0.2, -0.15) is 5.26 Å². The standard InChI is InChI=1S/C8H11NO4/c1-6-4-8(5-9,2-3-12-6)13-7(10)11/h6H,2-4H2,1H3,(H,10,11). The Bertz CT molecular complexity index is 247. The number of nitriles is 1. The lowest BCUT2D eigenvalue weighted by Gasteiger charge is -2.32. The summed E-state index contributed by atoms with van der Waals surface area (Å²) in [4.78, 5) is 10.3. The monoisotopic (exact) mass is 185 g/mol. The molecule has 0 aromatic heterocycles. The van der Waals surface area contributed by atoms with Crippen LogP contribution in [0.15, 0.2) is 0 Å². The second-order valence-corrected chi connectivity index (χ2v) is 3.11. The summed E-state index contributed by atoms with van der Waals surface area (Å²) < 4.78 is 9.77. The number of carbonyl (C=O) groups is 1. The van der Waals surface area contributed by atoms with Gasteiger partial charge >= 0.3 is 6.16 Å². The van der Waals surface area contributed by atoms with Crippen molar-refractivity contribution >= 4 is 6.16 Å². The van der Waals surface area contributed by atoms with Crippen molar-refractivity contribution in [2.24, 2.45) is 0 Å². The highest BCUT2D eigenvalue weighted by Gasteiger charge is 2.39. The average molecular weight is 185 g/mol. The smallest absolute Gasteiger partial charge is 0.450 e. The Hall–Kier alpha value is -1.28. The fourth-order valence-corrected chi connectivity index (χ4v) is 1.43. The normalized spacial score (nSPS) is 33.4. The molecule has 1 N–H and O–H groups in total. The minimum atomic E-state index is -1.41. The molecule has 1 saturated heterocycles. The third-order valence-corrected chi connectivity index (χ3v) is 2.01. The van der Waals surface area contributed by atoms with Crippen molar-refractivity contribution in [3.8, 4) is 6.07 Å². The van der Waals surface area contributed by atoms with Crippen LogP contribution in [0.3, 0.4) is 0 Å². The van der Waals surface area contributed by atoms with E-state index in [1.165, 1.54) is 0 Å². The predicted molar refractivity (Wildman–Crippen MR) is 42.1 cm³/mol. The highest BCUT2D eigenvalue weighted by Crippen LogP contribution is 2.27. The van der Waals surface area contributed by atoms with Crippen LogP contribution in [0.4, 0.5) is 4.79 Å². The molecule has 5 heteroatoms. The van der Waals surface area contributed by atoms with Gasteiger partial charge in [-0.05, 0) is 6.92 Å². The molecule has 1 aliphatic heterocycles. The molecule has 1 fully saturated rings. The summed E-state index contributed by atoms with van der Waals surface area (Å²) in [6.07, 6.45) is -0.931. The van der Waals surface area contributed by atoms with Crippen LogP contribution in [0.5, 0.6) is 0 Å². The maximum atomic E-state index is 10.3. The third kappa shape index (κ3) is 2.33. The molecule has 2 atom stereocenters. The highest BCUT2D eigenvalue weighted by molar-refractivity contribution is 5.58. The van der Waals surface area contributed by atoms with Gasteiger partial charge in [-0.25, -0.2) is 4.79 Å². The minimum absolute atomic E-state index is 0.132. The molecule has 72 valence electrons. The molecule has 0 saturated carbocycles. The second-order valence-electron chi connectivity index (χ2n) is 3.11. The van der Waals surface area contributed by atoms with E-state index in [4.69, 9.17) is 15.1 Å². The van der Waals surface area contributed by atoms with Crippen LogP contribution in [-0.2, 0) is 9.47 Å². The van der Waals surface area contributed by atoms with Gasteiger partial charge in [0.1, 0.15) is 6.07 Å². The van der Waals surface area contributed by atoms with Gasteiger partial charge in [-0.1, -0.05) is 0 Å². The molecule has 0 radical (unpaired) electrons. The molecule has 0 aromatic rings. The van der Waals surface area contributed by atoms with Crippen LogP contribution in [-0.4, -0.2) is 29.6 Å². The van der Waals surface area contributed by atoms with Crippen molar-refractivity contribution in [3.63, 3.8) is 0 Å². The van der Waals surface area contributed by atoms with E-state index >= 15 is 0 Å². The first-order chi connectivity index (χ1) is 6.08. The number of hydrogen-bond acceptors (Lipinski definition) is 4. The number of hydrogen-bond donors (Lipinski definition) is 1. The van der Waals surface area contributed by atoms with Crippen LogP contribution >= 0.6 is 0 Å². The predicted octanol–water partition coefficient (Wildman–Crippen LogP) is 1.14. The van der Waals surface area contributed by atoms with Gasteiger partial charge in [0.25, 0.3) is 0 Å². The summed E-state index contributed by atoms with van der Waals surface area (Å²) in [6.45, 7) is 2.15. The molecule has 0 amide bonds. The zero-order chi connectivity index (χ0) is 9.90. The van der Waals surface area contributed by atoms with Crippen LogP contribution in [0.1, 0.15) is 19.8 Å². The zero-order valence-corrected chi connectivity index (χ0v) is 7.32. The fraction of sp³-hybridized carbons (Fsp3) is 0.750.